The predicted molar refractivity (Wildman–Crippen MR) is 60.2 cm³/mol. The Kier molecular flexibility index (Phi) is 3.71. The van der Waals surface area contributed by atoms with Gasteiger partial charge in [-0.2, -0.15) is 0 Å². The maximum atomic E-state index is 10.9. The number of hydrogen-bond acceptors (Lipinski definition) is 2. The SMILES string of the molecule is Cc1cc(Br)c(Cl)cc1NC(=O)C(=O)O. The van der Waals surface area contributed by atoms with Crippen molar-refractivity contribution in [1.82, 2.24) is 0 Å². The molecule has 0 bridgehead atoms. The minimum atomic E-state index is -1.53. The Labute approximate surface area is 99.4 Å². The highest BCUT2D eigenvalue weighted by atomic mass is 79.9. The lowest BCUT2D eigenvalue weighted by atomic mass is 10.2. The van der Waals surface area contributed by atoms with Crippen molar-refractivity contribution in [2.24, 2.45) is 0 Å². The van der Waals surface area contributed by atoms with Gasteiger partial charge in [-0.1, -0.05) is 11.6 Å². The van der Waals surface area contributed by atoms with E-state index in [0.717, 1.165) is 5.56 Å². The summed E-state index contributed by atoms with van der Waals surface area (Å²) in [5, 5.41) is 11.0. The Morgan fingerprint density at radius 2 is 2.07 bits per heavy atom. The van der Waals surface area contributed by atoms with Gasteiger partial charge < -0.3 is 10.4 Å². The lowest BCUT2D eigenvalue weighted by Gasteiger charge is -2.07. The molecule has 0 aliphatic rings. The molecule has 0 aliphatic heterocycles. The number of carboxylic acid groups (broad SMARTS) is 1. The van der Waals surface area contributed by atoms with Gasteiger partial charge >= 0.3 is 11.9 Å². The average molecular weight is 293 g/mol. The number of aliphatic carboxylic acids is 1. The van der Waals surface area contributed by atoms with E-state index in [1.165, 1.54) is 6.07 Å². The zero-order chi connectivity index (χ0) is 11.6. The monoisotopic (exact) mass is 291 g/mol. The van der Waals surface area contributed by atoms with Gasteiger partial charge in [0, 0.05) is 10.2 Å². The van der Waals surface area contributed by atoms with Crippen LogP contribution < -0.4 is 5.32 Å². The van der Waals surface area contributed by atoms with Crippen LogP contribution in [-0.4, -0.2) is 17.0 Å². The van der Waals surface area contributed by atoms with E-state index in [9.17, 15) is 9.59 Å². The summed E-state index contributed by atoms with van der Waals surface area (Å²) in [6.07, 6.45) is 0. The molecule has 0 aliphatic carbocycles. The van der Waals surface area contributed by atoms with Crippen LogP contribution in [0.25, 0.3) is 0 Å². The Bertz CT molecular complexity index is 434. The van der Waals surface area contributed by atoms with E-state index in [1.807, 2.05) is 0 Å². The Morgan fingerprint density at radius 1 is 1.47 bits per heavy atom. The largest absolute Gasteiger partial charge is 0.474 e. The number of carboxylic acids is 1. The Morgan fingerprint density at radius 3 is 2.60 bits per heavy atom. The van der Waals surface area contributed by atoms with E-state index < -0.39 is 11.9 Å². The molecule has 4 nitrogen and oxygen atoms in total. The van der Waals surface area contributed by atoms with E-state index in [0.29, 0.717) is 15.2 Å². The van der Waals surface area contributed by atoms with Gasteiger partial charge in [0.25, 0.3) is 0 Å². The molecule has 1 aromatic carbocycles. The number of carbonyl (C=O) groups is 2. The zero-order valence-corrected chi connectivity index (χ0v) is 10.0. The van der Waals surface area contributed by atoms with E-state index in [2.05, 4.69) is 21.2 Å². The third-order valence-corrected chi connectivity index (χ3v) is 2.91. The molecule has 0 spiro atoms. The molecule has 0 aromatic heterocycles. The molecule has 0 atom stereocenters. The van der Waals surface area contributed by atoms with Crippen molar-refractivity contribution in [1.29, 1.82) is 0 Å². The van der Waals surface area contributed by atoms with Crippen LogP contribution in [0.15, 0.2) is 16.6 Å². The Hall–Kier alpha value is -1.07. The number of carbonyl (C=O) groups excluding carboxylic acids is 1. The normalized spacial score (nSPS) is 9.80. The number of nitrogens with one attached hydrogen (secondary N) is 1. The van der Waals surface area contributed by atoms with Crippen LogP contribution >= 0.6 is 27.5 Å². The van der Waals surface area contributed by atoms with Crippen molar-refractivity contribution in [2.75, 3.05) is 5.32 Å². The van der Waals surface area contributed by atoms with Gasteiger partial charge in [0.2, 0.25) is 0 Å². The summed E-state index contributed by atoms with van der Waals surface area (Å²) in [5.41, 5.74) is 1.11. The molecule has 0 saturated carbocycles. The van der Waals surface area contributed by atoms with Crippen molar-refractivity contribution < 1.29 is 14.7 Å². The fourth-order valence-corrected chi connectivity index (χ4v) is 1.58. The van der Waals surface area contributed by atoms with Crippen molar-refractivity contribution in [3.05, 3.63) is 27.2 Å². The third-order valence-electron chi connectivity index (χ3n) is 1.71. The molecule has 15 heavy (non-hydrogen) atoms. The Balaban J connectivity index is 3.01. The predicted octanol–water partition coefficient (Wildman–Crippen LogP) is 2.43. The summed E-state index contributed by atoms with van der Waals surface area (Å²) >= 11 is 9.02. The number of benzene rings is 1. The molecular weight excluding hydrogens is 285 g/mol. The minimum Gasteiger partial charge on any atom is -0.474 e. The van der Waals surface area contributed by atoms with E-state index in [4.69, 9.17) is 16.7 Å². The molecule has 2 N–H and O–H groups in total. The topological polar surface area (TPSA) is 66.4 Å². The number of aryl methyl sites for hydroxylation is 1. The van der Waals surface area contributed by atoms with Crippen LogP contribution in [0.4, 0.5) is 5.69 Å². The molecule has 1 amide bonds. The van der Waals surface area contributed by atoms with Gasteiger partial charge in [-0.15, -0.1) is 0 Å². The second-order valence-electron chi connectivity index (χ2n) is 2.84. The molecule has 80 valence electrons. The fourth-order valence-electron chi connectivity index (χ4n) is 0.957. The standard InChI is InChI=1S/C9H7BrClNO3/c1-4-2-5(10)6(11)3-7(4)12-8(13)9(14)15/h2-3H,1H3,(H,12,13)(H,14,15). The van der Waals surface area contributed by atoms with Crippen LogP contribution in [0, 0.1) is 6.92 Å². The average Bonchev–Trinajstić information content (AvgIpc) is 2.13. The lowest BCUT2D eigenvalue weighted by Crippen LogP contribution is -2.22. The first-order valence-corrected chi connectivity index (χ1v) is 5.09. The summed E-state index contributed by atoms with van der Waals surface area (Å²) in [5.74, 6) is -2.62. The molecule has 0 fully saturated rings. The molecule has 6 heteroatoms. The van der Waals surface area contributed by atoms with Crippen molar-refractivity contribution >= 4 is 45.1 Å². The minimum absolute atomic E-state index is 0.385. The molecule has 0 saturated heterocycles. The number of anilines is 1. The first-order valence-electron chi connectivity index (χ1n) is 3.91. The zero-order valence-electron chi connectivity index (χ0n) is 7.67. The third kappa shape index (κ3) is 2.94. The van der Waals surface area contributed by atoms with Gasteiger partial charge in [-0.05, 0) is 40.5 Å². The summed E-state index contributed by atoms with van der Waals surface area (Å²) in [4.78, 5) is 21.2. The highest BCUT2D eigenvalue weighted by molar-refractivity contribution is 9.10. The fraction of sp³-hybridized carbons (Fsp3) is 0.111. The van der Waals surface area contributed by atoms with Gasteiger partial charge in [0.15, 0.2) is 0 Å². The van der Waals surface area contributed by atoms with E-state index in [1.54, 1.807) is 13.0 Å². The maximum absolute atomic E-state index is 10.9. The summed E-state index contributed by atoms with van der Waals surface area (Å²) in [6, 6.07) is 3.18. The number of hydrogen-bond donors (Lipinski definition) is 2. The van der Waals surface area contributed by atoms with Gasteiger partial charge in [-0.3, -0.25) is 4.79 Å². The molecule has 1 rings (SSSR count). The second-order valence-corrected chi connectivity index (χ2v) is 4.10. The highest BCUT2D eigenvalue weighted by Crippen LogP contribution is 2.28. The van der Waals surface area contributed by atoms with Crippen molar-refractivity contribution in [3.8, 4) is 0 Å². The molecular formula is C9H7BrClNO3. The molecule has 1 aromatic rings. The van der Waals surface area contributed by atoms with Crippen LogP contribution in [0.2, 0.25) is 5.02 Å². The van der Waals surface area contributed by atoms with E-state index in [-0.39, 0.29) is 0 Å². The first kappa shape index (κ1) is 12.0. The van der Waals surface area contributed by atoms with Crippen molar-refractivity contribution in [3.63, 3.8) is 0 Å². The van der Waals surface area contributed by atoms with Gasteiger partial charge in [0.05, 0.1) is 5.02 Å². The lowest BCUT2D eigenvalue weighted by molar-refractivity contribution is -0.147. The number of amides is 1. The van der Waals surface area contributed by atoms with Crippen molar-refractivity contribution in [2.45, 2.75) is 6.92 Å². The second kappa shape index (κ2) is 4.63. The van der Waals surface area contributed by atoms with Gasteiger partial charge in [0.1, 0.15) is 0 Å². The number of halogens is 2. The van der Waals surface area contributed by atoms with Crippen LogP contribution in [0.5, 0.6) is 0 Å². The van der Waals surface area contributed by atoms with Crippen LogP contribution in [0.3, 0.4) is 0 Å². The smallest absolute Gasteiger partial charge is 0.394 e. The van der Waals surface area contributed by atoms with Crippen LogP contribution in [0.1, 0.15) is 5.56 Å². The molecule has 0 unspecified atom stereocenters. The summed E-state index contributed by atoms with van der Waals surface area (Å²) in [7, 11) is 0. The quantitative estimate of drug-likeness (QED) is 0.781. The summed E-state index contributed by atoms with van der Waals surface area (Å²) < 4.78 is 0.690. The van der Waals surface area contributed by atoms with Crippen LogP contribution in [-0.2, 0) is 9.59 Å². The highest BCUT2D eigenvalue weighted by Gasteiger charge is 2.13. The van der Waals surface area contributed by atoms with E-state index >= 15 is 0 Å². The molecule has 0 radical (unpaired) electrons. The maximum Gasteiger partial charge on any atom is 0.394 e. The first-order chi connectivity index (χ1) is 6.91. The summed E-state index contributed by atoms with van der Waals surface area (Å²) in [6.45, 7) is 1.73. The van der Waals surface area contributed by atoms with Gasteiger partial charge in [-0.25, -0.2) is 4.79 Å². The molecule has 0 heterocycles. The number of rotatable bonds is 1.